The molecule has 0 bridgehead atoms. The third-order valence-corrected chi connectivity index (χ3v) is 4.84. The lowest BCUT2D eigenvalue weighted by molar-refractivity contribution is 0.217. The van der Waals surface area contributed by atoms with Crippen LogP contribution in [0, 0.1) is 6.92 Å². The van der Waals surface area contributed by atoms with E-state index in [0.717, 1.165) is 11.1 Å². The van der Waals surface area contributed by atoms with Crippen molar-refractivity contribution in [3.63, 3.8) is 0 Å². The number of aryl methyl sites for hydroxylation is 1. The second-order valence-corrected chi connectivity index (χ2v) is 7.26. The van der Waals surface area contributed by atoms with Gasteiger partial charge in [-0.05, 0) is 43.8 Å². The molecule has 0 aliphatic heterocycles. The second kappa shape index (κ2) is 7.59. The van der Waals surface area contributed by atoms with E-state index >= 15 is 0 Å². The van der Waals surface area contributed by atoms with Crippen molar-refractivity contribution in [3.8, 4) is 0 Å². The number of anilines is 1. The smallest absolute Gasteiger partial charge is 0.261 e. The topological polar surface area (TPSA) is 69.6 Å². The van der Waals surface area contributed by atoms with Crippen LogP contribution in [0.5, 0.6) is 0 Å². The Morgan fingerprint density at radius 3 is 2.48 bits per heavy atom. The molecule has 6 heteroatoms. The highest BCUT2D eigenvalue weighted by molar-refractivity contribution is 7.92. The molecule has 0 spiro atoms. The van der Waals surface area contributed by atoms with Gasteiger partial charge in [-0.25, -0.2) is 8.42 Å². The molecule has 2 N–H and O–H groups in total. The predicted molar refractivity (Wildman–Crippen MR) is 91.8 cm³/mol. The third-order valence-electron chi connectivity index (χ3n) is 3.44. The standard InChI is InChI=1S/C17H22N2O3S/c1-14-6-8-17(9-7-14)23(21,22)18-16-5-3-4-15(12-16)13-19(2)10-11-20/h3-9,12,18,20H,10-11,13H2,1-2H3. The summed E-state index contributed by atoms with van der Waals surface area (Å²) in [6.45, 7) is 3.21. The lowest BCUT2D eigenvalue weighted by Crippen LogP contribution is -2.21. The Hall–Kier alpha value is -1.89. The van der Waals surface area contributed by atoms with E-state index in [-0.39, 0.29) is 11.5 Å². The van der Waals surface area contributed by atoms with Crippen molar-refractivity contribution in [2.45, 2.75) is 18.4 Å². The molecule has 0 fully saturated rings. The Morgan fingerprint density at radius 1 is 1.13 bits per heavy atom. The summed E-state index contributed by atoms with van der Waals surface area (Å²) < 4.78 is 27.4. The average molecular weight is 334 g/mol. The average Bonchev–Trinajstić information content (AvgIpc) is 2.47. The van der Waals surface area contributed by atoms with Crippen LogP contribution in [0.4, 0.5) is 5.69 Å². The van der Waals surface area contributed by atoms with Gasteiger partial charge in [-0.1, -0.05) is 29.8 Å². The van der Waals surface area contributed by atoms with Gasteiger partial charge in [0, 0.05) is 18.8 Å². The van der Waals surface area contributed by atoms with Crippen molar-refractivity contribution in [2.24, 2.45) is 0 Å². The van der Waals surface area contributed by atoms with Gasteiger partial charge in [0.15, 0.2) is 0 Å². The van der Waals surface area contributed by atoms with Gasteiger partial charge in [-0.3, -0.25) is 9.62 Å². The van der Waals surface area contributed by atoms with Crippen LogP contribution in [-0.2, 0) is 16.6 Å². The normalized spacial score (nSPS) is 11.7. The van der Waals surface area contributed by atoms with Crippen molar-refractivity contribution in [3.05, 3.63) is 59.7 Å². The highest BCUT2D eigenvalue weighted by Crippen LogP contribution is 2.18. The molecule has 0 saturated heterocycles. The summed E-state index contributed by atoms with van der Waals surface area (Å²) in [5.74, 6) is 0. The van der Waals surface area contributed by atoms with E-state index in [1.54, 1.807) is 36.4 Å². The summed E-state index contributed by atoms with van der Waals surface area (Å²) in [5, 5.41) is 8.93. The van der Waals surface area contributed by atoms with Crippen molar-refractivity contribution >= 4 is 15.7 Å². The molecular formula is C17H22N2O3S. The van der Waals surface area contributed by atoms with Gasteiger partial charge in [0.25, 0.3) is 10.0 Å². The van der Waals surface area contributed by atoms with Crippen LogP contribution in [0.3, 0.4) is 0 Å². The molecule has 0 unspecified atom stereocenters. The van der Waals surface area contributed by atoms with Crippen molar-refractivity contribution < 1.29 is 13.5 Å². The predicted octanol–water partition coefficient (Wildman–Crippen LogP) is 2.22. The Balaban J connectivity index is 2.14. The lowest BCUT2D eigenvalue weighted by atomic mass is 10.2. The van der Waals surface area contributed by atoms with Gasteiger partial charge in [-0.2, -0.15) is 0 Å². The molecule has 2 rings (SSSR count). The SMILES string of the molecule is Cc1ccc(S(=O)(=O)Nc2cccc(CN(C)CCO)c2)cc1. The maximum absolute atomic E-state index is 12.4. The summed E-state index contributed by atoms with van der Waals surface area (Å²) >= 11 is 0. The number of aliphatic hydroxyl groups is 1. The number of nitrogens with one attached hydrogen (secondary N) is 1. The van der Waals surface area contributed by atoms with Crippen LogP contribution >= 0.6 is 0 Å². The van der Waals surface area contributed by atoms with E-state index < -0.39 is 10.0 Å². The van der Waals surface area contributed by atoms with Gasteiger partial charge in [0.2, 0.25) is 0 Å². The number of sulfonamides is 1. The maximum Gasteiger partial charge on any atom is 0.261 e. The highest BCUT2D eigenvalue weighted by Gasteiger charge is 2.14. The molecule has 0 radical (unpaired) electrons. The minimum atomic E-state index is -3.59. The van der Waals surface area contributed by atoms with Crippen molar-refractivity contribution in [1.82, 2.24) is 4.90 Å². The molecule has 0 heterocycles. The first-order valence-electron chi connectivity index (χ1n) is 7.38. The molecule has 0 aliphatic carbocycles. The van der Waals surface area contributed by atoms with E-state index in [4.69, 9.17) is 5.11 Å². The second-order valence-electron chi connectivity index (χ2n) is 5.58. The van der Waals surface area contributed by atoms with Gasteiger partial charge >= 0.3 is 0 Å². The molecular weight excluding hydrogens is 312 g/mol. The molecule has 0 amide bonds. The Kier molecular flexibility index (Phi) is 5.76. The zero-order valence-electron chi connectivity index (χ0n) is 13.4. The van der Waals surface area contributed by atoms with Crippen LogP contribution in [0.1, 0.15) is 11.1 Å². The molecule has 0 aromatic heterocycles. The van der Waals surface area contributed by atoms with Crippen LogP contribution in [0.15, 0.2) is 53.4 Å². The number of hydrogen-bond acceptors (Lipinski definition) is 4. The first kappa shape index (κ1) is 17.5. The van der Waals surface area contributed by atoms with Crippen molar-refractivity contribution in [2.75, 3.05) is 24.9 Å². The molecule has 124 valence electrons. The van der Waals surface area contributed by atoms with E-state index in [9.17, 15) is 8.42 Å². The quantitative estimate of drug-likeness (QED) is 0.814. The number of hydrogen-bond donors (Lipinski definition) is 2. The first-order chi connectivity index (χ1) is 10.9. The van der Waals surface area contributed by atoms with E-state index in [2.05, 4.69) is 4.72 Å². The molecule has 23 heavy (non-hydrogen) atoms. The zero-order valence-corrected chi connectivity index (χ0v) is 14.2. The number of likely N-dealkylation sites (N-methyl/N-ethyl adjacent to an activating group) is 1. The Labute approximate surface area is 137 Å². The van der Waals surface area contributed by atoms with Crippen molar-refractivity contribution in [1.29, 1.82) is 0 Å². The van der Waals surface area contributed by atoms with Crippen LogP contribution in [-0.4, -0.2) is 38.6 Å². The largest absolute Gasteiger partial charge is 0.395 e. The molecule has 2 aromatic carbocycles. The van der Waals surface area contributed by atoms with Gasteiger partial charge in [-0.15, -0.1) is 0 Å². The fourth-order valence-corrected chi connectivity index (χ4v) is 3.28. The fourth-order valence-electron chi connectivity index (χ4n) is 2.23. The molecule has 5 nitrogen and oxygen atoms in total. The number of aliphatic hydroxyl groups excluding tert-OH is 1. The van der Waals surface area contributed by atoms with E-state index in [1.165, 1.54) is 0 Å². The molecule has 0 saturated carbocycles. The minimum Gasteiger partial charge on any atom is -0.395 e. The maximum atomic E-state index is 12.4. The summed E-state index contributed by atoms with van der Waals surface area (Å²) in [7, 11) is -1.69. The number of rotatable bonds is 7. The summed E-state index contributed by atoms with van der Waals surface area (Å²) in [5.41, 5.74) is 2.52. The zero-order chi connectivity index (χ0) is 16.9. The third kappa shape index (κ3) is 5.06. The first-order valence-corrected chi connectivity index (χ1v) is 8.87. The van der Waals surface area contributed by atoms with Crippen LogP contribution < -0.4 is 4.72 Å². The molecule has 0 aliphatic rings. The van der Waals surface area contributed by atoms with Crippen LogP contribution in [0.2, 0.25) is 0 Å². The Bertz CT molecular complexity index is 743. The summed E-state index contributed by atoms with van der Waals surface area (Å²) in [6, 6.07) is 14.0. The minimum absolute atomic E-state index is 0.0935. The number of benzene rings is 2. The molecule has 0 atom stereocenters. The summed E-state index contributed by atoms with van der Waals surface area (Å²) in [4.78, 5) is 2.21. The van der Waals surface area contributed by atoms with E-state index in [1.807, 2.05) is 31.0 Å². The van der Waals surface area contributed by atoms with Crippen LogP contribution in [0.25, 0.3) is 0 Å². The lowest BCUT2D eigenvalue weighted by Gasteiger charge is -2.16. The van der Waals surface area contributed by atoms with Gasteiger partial charge < -0.3 is 5.11 Å². The number of nitrogens with zero attached hydrogens (tertiary/aromatic N) is 1. The van der Waals surface area contributed by atoms with Gasteiger partial charge in [0.1, 0.15) is 0 Å². The fraction of sp³-hybridized carbons (Fsp3) is 0.294. The Morgan fingerprint density at radius 2 is 1.83 bits per heavy atom. The van der Waals surface area contributed by atoms with Gasteiger partial charge in [0.05, 0.1) is 11.5 Å². The highest BCUT2D eigenvalue weighted by atomic mass is 32.2. The molecule has 2 aromatic rings. The van der Waals surface area contributed by atoms with E-state index in [0.29, 0.717) is 18.8 Å². The monoisotopic (exact) mass is 334 g/mol. The summed E-state index contributed by atoms with van der Waals surface area (Å²) in [6.07, 6.45) is 0.